The fourth-order valence-corrected chi connectivity index (χ4v) is 3.81. The second kappa shape index (κ2) is 9.68. The minimum atomic E-state index is -0.358. The summed E-state index contributed by atoms with van der Waals surface area (Å²) in [5.74, 6) is 1.87. The number of amides is 1. The number of nitrogens with one attached hydrogen (secondary N) is 2. The molecule has 0 spiro atoms. The Morgan fingerprint density at radius 3 is 2.52 bits per heavy atom. The molecule has 4 rings (SSSR count). The number of aromatic nitrogens is 1. The zero-order valence-electron chi connectivity index (χ0n) is 18.4. The first-order chi connectivity index (χ1) is 16.0. The number of carbonyl (C=O) groups excluding carboxylic acids is 1. The van der Waals surface area contributed by atoms with Gasteiger partial charge >= 0.3 is 0 Å². The molecule has 10 heteroatoms. The largest absolute Gasteiger partial charge is 0.493 e. The highest BCUT2D eigenvalue weighted by Gasteiger charge is 2.28. The van der Waals surface area contributed by atoms with Crippen molar-refractivity contribution < 1.29 is 23.4 Å². The van der Waals surface area contributed by atoms with Crippen molar-refractivity contribution >= 4 is 5.91 Å². The van der Waals surface area contributed by atoms with E-state index in [9.17, 15) is 9.18 Å². The molecule has 0 unspecified atom stereocenters. The Balaban J connectivity index is 1.41. The van der Waals surface area contributed by atoms with Crippen LogP contribution in [-0.2, 0) is 4.74 Å². The van der Waals surface area contributed by atoms with Crippen molar-refractivity contribution in [1.29, 1.82) is 0 Å². The molecule has 2 aromatic rings. The number of ether oxygens (including phenoxy) is 3. The highest BCUT2D eigenvalue weighted by molar-refractivity contribution is 5.93. The van der Waals surface area contributed by atoms with Crippen LogP contribution in [0.5, 0.6) is 17.2 Å². The van der Waals surface area contributed by atoms with Gasteiger partial charge in [-0.15, -0.1) is 0 Å². The third kappa shape index (κ3) is 4.94. The Morgan fingerprint density at radius 1 is 1.12 bits per heavy atom. The fraction of sp³-hybridized carbons (Fsp3) is 0.304. The second-order valence-corrected chi connectivity index (χ2v) is 7.67. The third-order valence-corrected chi connectivity index (χ3v) is 5.65. The fourth-order valence-electron chi connectivity index (χ4n) is 3.81. The van der Waals surface area contributed by atoms with Gasteiger partial charge in [0.25, 0.3) is 5.91 Å². The van der Waals surface area contributed by atoms with Crippen LogP contribution in [0.4, 0.5) is 4.39 Å². The molecule has 0 atom stereocenters. The normalized spacial score (nSPS) is 16.5. The van der Waals surface area contributed by atoms with Crippen molar-refractivity contribution in [2.45, 2.75) is 12.8 Å². The minimum absolute atomic E-state index is 0.175. The monoisotopic (exact) mass is 455 g/mol. The lowest BCUT2D eigenvalue weighted by Crippen LogP contribution is -2.44. The first-order valence-electron chi connectivity index (χ1n) is 10.5. The molecule has 1 amide bonds. The Morgan fingerprint density at radius 2 is 1.85 bits per heavy atom. The van der Waals surface area contributed by atoms with Crippen molar-refractivity contribution in [2.75, 3.05) is 27.3 Å². The number of pyridine rings is 1. The Kier molecular flexibility index (Phi) is 6.53. The lowest BCUT2D eigenvalue weighted by Gasteiger charge is -2.34. The number of halogens is 1. The molecule has 4 N–H and O–H groups in total. The van der Waals surface area contributed by atoms with E-state index in [1.165, 1.54) is 37.6 Å². The van der Waals surface area contributed by atoms with Crippen LogP contribution >= 0.6 is 0 Å². The summed E-state index contributed by atoms with van der Waals surface area (Å²) >= 11 is 0. The maximum atomic E-state index is 13.1. The van der Waals surface area contributed by atoms with E-state index in [4.69, 9.17) is 19.9 Å². The van der Waals surface area contributed by atoms with Crippen LogP contribution in [0, 0.1) is 11.7 Å². The molecule has 0 aliphatic carbocycles. The highest BCUT2D eigenvalue weighted by atomic mass is 19.1. The average molecular weight is 455 g/mol. The zero-order valence-corrected chi connectivity index (χ0v) is 18.4. The van der Waals surface area contributed by atoms with Crippen LogP contribution in [0.15, 0.2) is 59.9 Å². The molecule has 3 heterocycles. The van der Waals surface area contributed by atoms with Gasteiger partial charge in [0.15, 0.2) is 23.1 Å². The van der Waals surface area contributed by atoms with E-state index >= 15 is 0 Å². The van der Waals surface area contributed by atoms with Crippen LogP contribution in [0.1, 0.15) is 23.3 Å². The molecule has 1 aromatic carbocycles. The molecular weight excluding hydrogens is 429 g/mol. The van der Waals surface area contributed by atoms with Crippen molar-refractivity contribution in [3.05, 3.63) is 71.4 Å². The number of rotatable bonds is 6. The molecule has 2 aliphatic rings. The maximum absolute atomic E-state index is 13.1. The average Bonchev–Trinajstić information content (AvgIpc) is 2.85. The van der Waals surface area contributed by atoms with Crippen LogP contribution in [0.3, 0.4) is 0 Å². The molecule has 174 valence electrons. The van der Waals surface area contributed by atoms with Crippen LogP contribution in [0.25, 0.3) is 0 Å². The quantitative estimate of drug-likeness (QED) is 0.610. The van der Waals surface area contributed by atoms with E-state index in [0.29, 0.717) is 41.9 Å². The minimum Gasteiger partial charge on any atom is -0.493 e. The lowest BCUT2D eigenvalue weighted by atomic mass is 9.92. The molecule has 0 radical (unpaired) electrons. The lowest BCUT2D eigenvalue weighted by molar-refractivity contribution is 0.0692. The third-order valence-electron chi connectivity index (χ3n) is 5.65. The molecule has 9 nitrogen and oxygen atoms in total. The van der Waals surface area contributed by atoms with Gasteiger partial charge in [-0.2, -0.15) is 0 Å². The molecule has 1 saturated heterocycles. The molecule has 0 bridgehead atoms. The molecule has 2 aliphatic heterocycles. The van der Waals surface area contributed by atoms with Crippen molar-refractivity contribution in [1.82, 2.24) is 20.7 Å². The second-order valence-electron chi connectivity index (χ2n) is 7.67. The Hall–Kier alpha value is -3.95. The van der Waals surface area contributed by atoms with E-state index in [0.717, 1.165) is 18.5 Å². The number of hydrogen-bond donors (Lipinski definition) is 3. The number of piperidine rings is 1. The van der Waals surface area contributed by atoms with Gasteiger partial charge in [-0.05, 0) is 37.1 Å². The molecular formula is C23H26FN5O4. The van der Waals surface area contributed by atoms with Gasteiger partial charge < -0.3 is 30.3 Å². The molecule has 0 saturated carbocycles. The predicted octanol–water partition coefficient (Wildman–Crippen LogP) is 2.64. The first-order valence-corrected chi connectivity index (χ1v) is 10.5. The van der Waals surface area contributed by atoms with Crippen molar-refractivity contribution in [2.24, 2.45) is 11.7 Å². The standard InChI is InChI=1S/C23H26FN5O4/c1-31-19-12-18(26-13-21(19)33-16-5-3-15(24)4-6-16)23(30)29-9-7-14(8-10-29)17-11-20(32-2)22(25)28-27-17/h3-6,11-14,27-28H,7-10,25H2,1-2H3. The van der Waals surface area contributed by atoms with Crippen LogP contribution in [-0.4, -0.2) is 43.1 Å². The number of nitrogens with two attached hydrogens (primary N) is 1. The maximum Gasteiger partial charge on any atom is 0.272 e. The van der Waals surface area contributed by atoms with Gasteiger partial charge in [-0.1, -0.05) is 0 Å². The zero-order chi connectivity index (χ0) is 23.4. The summed E-state index contributed by atoms with van der Waals surface area (Å²) in [6.45, 7) is 1.17. The van der Waals surface area contributed by atoms with Gasteiger partial charge in [-0.25, -0.2) is 9.37 Å². The summed E-state index contributed by atoms with van der Waals surface area (Å²) < 4.78 is 29.5. The van der Waals surface area contributed by atoms with E-state index < -0.39 is 0 Å². The van der Waals surface area contributed by atoms with Gasteiger partial charge in [0.05, 0.1) is 20.4 Å². The number of carbonyl (C=O) groups is 1. The number of benzene rings is 1. The molecule has 33 heavy (non-hydrogen) atoms. The number of methoxy groups -OCH3 is 2. The molecule has 1 fully saturated rings. The number of nitrogens with zero attached hydrogens (tertiary/aromatic N) is 2. The SMILES string of the molecule is COC1=C(N)NNC(C2CCN(C(=O)c3cc(OC)c(Oc4ccc(F)cc4)cn3)CC2)=C1. The van der Waals surface area contributed by atoms with Gasteiger partial charge in [0.1, 0.15) is 17.3 Å². The summed E-state index contributed by atoms with van der Waals surface area (Å²) in [5.41, 5.74) is 13.1. The summed E-state index contributed by atoms with van der Waals surface area (Å²) in [7, 11) is 3.06. The molecule has 1 aromatic heterocycles. The number of likely N-dealkylation sites (tertiary alicyclic amines) is 1. The summed E-state index contributed by atoms with van der Waals surface area (Å²) in [6.07, 6.45) is 4.89. The van der Waals surface area contributed by atoms with Crippen molar-refractivity contribution in [3.8, 4) is 17.2 Å². The van der Waals surface area contributed by atoms with Crippen molar-refractivity contribution in [3.63, 3.8) is 0 Å². The highest BCUT2D eigenvalue weighted by Crippen LogP contribution is 2.32. The van der Waals surface area contributed by atoms with E-state index in [2.05, 4.69) is 15.8 Å². The van der Waals surface area contributed by atoms with E-state index in [-0.39, 0.29) is 23.3 Å². The number of hydrogen-bond acceptors (Lipinski definition) is 8. The summed E-state index contributed by atoms with van der Waals surface area (Å²) in [5, 5.41) is 0. The topological polar surface area (TPSA) is 111 Å². The van der Waals surface area contributed by atoms with Gasteiger partial charge in [0.2, 0.25) is 0 Å². The number of allylic oxidation sites excluding steroid dienone is 2. The Labute approximate surface area is 191 Å². The van der Waals surface area contributed by atoms with E-state index in [1.807, 2.05) is 6.08 Å². The van der Waals surface area contributed by atoms with E-state index in [1.54, 1.807) is 18.1 Å². The van der Waals surface area contributed by atoms with Gasteiger partial charge in [-0.3, -0.25) is 10.2 Å². The van der Waals surface area contributed by atoms with Gasteiger partial charge in [0, 0.05) is 36.8 Å². The summed E-state index contributed by atoms with van der Waals surface area (Å²) in [4.78, 5) is 19.1. The van der Waals surface area contributed by atoms with Crippen LogP contribution < -0.4 is 26.1 Å². The van der Waals surface area contributed by atoms with Crippen LogP contribution in [0.2, 0.25) is 0 Å². The Bertz CT molecular complexity index is 1080. The first kappa shape index (κ1) is 22.3. The number of hydrazine groups is 1. The summed E-state index contributed by atoms with van der Waals surface area (Å²) in [6, 6.07) is 7.16. The smallest absolute Gasteiger partial charge is 0.272 e. The predicted molar refractivity (Wildman–Crippen MR) is 118 cm³/mol.